The number of aromatic nitrogens is 4. The fraction of sp³-hybridized carbons (Fsp3) is 0. The Hall–Kier alpha value is -2.72. The van der Waals surface area contributed by atoms with Crippen molar-refractivity contribution in [2.45, 2.75) is 0 Å². The summed E-state index contributed by atoms with van der Waals surface area (Å²) in [5.41, 5.74) is 1.80. The molecule has 0 spiro atoms. The summed E-state index contributed by atoms with van der Waals surface area (Å²) in [7, 11) is 0. The summed E-state index contributed by atoms with van der Waals surface area (Å²) in [6, 6.07) is 7.22. The quantitative estimate of drug-likeness (QED) is 0.705. The number of halogens is 1. The molecule has 0 saturated carbocycles. The predicted molar refractivity (Wildman–Crippen MR) is 65.0 cm³/mol. The predicted octanol–water partition coefficient (Wildman–Crippen LogP) is 2.08. The van der Waals surface area contributed by atoms with Crippen LogP contribution in [0.15, 0.2) is 39.6 Å². The van der Waals surface area contributed by atoms with Crippen LogP contribution in [0.5, 0.6) is 0 Å². The highest BCUT2D eigenvalue weighted by molar-refractivity contribution is 5.85. The van der Waals surface area contributed by atoms with Crippen molar-refractivity contribution in [1.29, 1.82) is 5.26 Å². The molecule has 0 amide bonds. The smallest absolute Gasteiger partial charge is 0.188 e. The number of nitrogens with zero attached hydrogens (tertiary/aromatic N) is 5. The Bertz CT molecular complexity index is 703. The fourth-order valence-corrected chi connectivity index (χ4v) is 1.58. The lowest BCUT2D eigenvalue weighted by Crippen LogP contribution is -1.84. The van der Waals surface area contributed by atoms with E-state index >= 15 is 0 Å². The molecule has 0 aliphatic heterocycles. The molecule has 7 nitrogen and oxygen atoms in total. The first-order valence-corrected chi connectivity index (χ1v) is 4.98. The maximum atomic E-state index is 9.06. The second-order valence-corrected chi connectivity index (χ2v) is 3.44. The third-order valence-corrected chi connectivity index (χ3v) is 2.41. The zero-order valence-electron chi connectivity index (χ0n) is 9.35. The van der Waals surface area contributed by atoms with E-state index in [2.05, 4.69) is 26.8 Å². The van der Waals surface area contributed by atoms with Gasteiger partial charge in [0.2, 0.25) is 0 Å². The number of nitriles is 1. The first-order chi connectivity index (χ1) is 8.88. The summed E-state index contributed by atoms with van der Waals surface area (Å²) >= 11 is 0. The van der Waals surface area contributed by atoms with Crippen LogP contribution in [0.2, 0.25) is 0 Å². The van der Waals surface area contributed by atoms with Gasteiger partial charge in [0.1, 0.15) is 0 Å². The van der Waals surface area contributed by atoms with Gasteiger partial charge in [-0.05, 0) is 18.2 Å². The van der Waals surface area contributed by atoms with Crippen LogP contribution in [-0.4, -0.2) is 20.7 Å². The van der Waals surface area contributed by atoms with Crippen molar-refractivity contribution in [3.8, 4) is 28.7 Å². The van der Waals surface area contributed by atoms with Gasteiger partial charge < -0.3 is 9.05 Å². The molecule has 19 heavy (non-hydrogen) atoms. The molecule has 0 saturated heterocycles. The molecule has 0 bridgehead atoms. The third kappa shape index (κ3) is 2.29. The number of rotatable bonds is 2. The molecule has 0 unspecified atom stereocenters. The monoisotopic (exact) mass is 275 g/mol. The Kier molecular flexibility index (Phi) is 3.54. The molecule has 0 N–H and O–H groups in total. The van der Waals surface area contributed by atoms with E-state index in [1.807, 2.05) is 0 Å². The van der Waals surface area contributed by atoms with Gasteiger partial charge >= 0.3 is 0 Å². The van der Waals surface area contributed by atoms with Crippen molar-refractivity contribution in [3.05, 3.63) is 36.2 Å². The minimum Gasteiger partial charge on any atom is -0.337 e. The molecule has 1 aromatic carbocycles. The highest BCUT2D eigenvalue weighted by atomic mass is 35.5. The lowest BCUT2D eigenvalue weighted by Gasteiger charge is -2.01. The van der Waals surface area contributed by atoms with Crippen LogP contribution >= 0.6 is 12.4 Å². The summed E-state index contributed by atoms with van der Waals surface area (Å²) in [5, 5.41) is 23.0. The molecule has 2 heterocycles. The van der Waals surface area contributed by atoms with Crippen molar-refractivity contribution in [3.63, 3.8) is 0 Å². The summed E-state index contributed by atoms with van der Waals surface area (Å²) in [5.74, 6) is 0.925. The summed E-state index contributed by atoms with van der Waals surface area (Å²) < 4.78 is 9.92. The molecule has 0 aliphatic carbocycles. The molecule has 0 atom stereocenters. The van der Waals surface area contributed by atoms with Crippen LogP contribution in [0.25, 0.3) is 22.6 Å². The van der Waals surface area contributed by atoms with Crippen LogP contribution < -0.4 is 0 Å². The number of hydrogen-bond donors (Lipinski definition) is 0. The second kappa shape index (κ2) is 5.29. The topological polar surface area (TPSA) is 102 Å². The van der Waals surface area contributed by atoms with Crippen molar-refractivity contribution in [2.75, 3.05) is 0 Å². The summed E-state index contributed by atoms with van der Waals surface area (Å²) in [6.07, 6.45) is 2.93. The van der Waals surface area contributed by atoms with Gasteiger partial charge in [-0.25, -0.2) is 0 Å². The van der Waals surface area contributed by atoms with E-state index in [-0.39, 0.29) is 12.4 Å². The van der Waals surface area contributed by atoms with E-state index < -0.39 is 0 Å². The van der Waals surface area contributed by atoms with Crippen LogP contribution in [0.4, 0.5) is 0 Å². The second-order valence-electron chi connectivity index (χ2n) is 3.44. The van der Waals surface area contributed by atoms with Crippen LogP contribution in [0.3, 0.4) is 0 Å². The fourth-order valence-electron chi connectivity index (χ4n) is 1.58. The highest BCUT2D eigenvalue weighted by Gasteiger charge is 2.12. The maximum absolute atomic E-state index is 9.06. The Morgan fingerprint density at radius 1 is 1.00 bits per heavy atom. The van der Waals surface area contributed by atoms with E-state index in [1.165, 1.54) is 12.4 Å². The molecule has 94 valence electrons. The normalized spacial score (nSPS) is 9.63. The van der Waals surface area contributed by atoms with Crippen molar-refractivity contribution >= 4 is 12.4 Å². The molecule has 0 fully saturated rings. The van der Waals surface area contributed by atoms with Crippen molar-refractivity contribution < 1.29 is 9.05 Å². The molecule has 3 aromatic rings. The summed E-state index contributed by atoms with van der Waals surface area (Å²) in [6.45, 7) is 0. The van der Waals surface area contributed by atoms with E-state index in [1.54, 1.807) is 18.2 Å². The molecule has 0 radical (unpaired) electrons. The zero-order chi connectivity index (χ0) is 12.4. The van der Waals surface area contributed by atoms with Gasteiger partial charge in [0.25, 0.3) is 0 Å². The minimum absolute atomic E-state index is 0. The van der Waals surface area contributed by atoms with Gasteiger partial charge in [-0.1, -0.05) is 0 Å². The van der Waals surface area contributed by atoms with Gasteiger partial charge in [-0.3, -0.25) is 0 Å². The average Bonchev–Trinajstić information content (AvgIpc) is 3.11. The summed E-state index contributed by atoms with van der Waals surface area (Å²) in [4.78, 5) is 0. The zero-order valence-corrected chi connectivity index (χ0v) is 10.2. The minimum atomic E-state index is 0. The lowest BCUT2D eigenvalue weighted by atomic mass is 10.0. The molecular weight excluding hydrogens is 270 g/mol. The molecule has 8 heteroatoms. The number of hydrogen-bond acceptors (Lipinski definition) is 7. The first kappa shape index (κ1) is 12.7. The van der Waals surface area contributed by atoms with Crippen molar-refractivity contribution in [1.82, 2.24) is 20.7 Å². The van der Waals surface area contributed by atoms with Gasteiger partial charge in [-0.15, -0.1) is 22.6 Å². The average molecular weight is 276 g/mol. The van der Waals surface area contributed by atoms with E-state index in [4.69, 9.17) is 14.3 Å². The van der Waals surface area contributed by atoms with Gasteiger partial charge in [0.15, 0.2) is 11.5 Å². The maximum Gasteiger partial charge on any atom is 0.188 e. The Balaban J connectivity index is 0.00000133. The molecule has 0 aliphatic rings. The lowest BCUT2D eigenvalue weighted by molar-refractivity contribution is 0.402. The Morgan fingerprint density at radius 2 is 1.68 bits per heavy atom. The van der Waals surface area contributed by atoms with Crippen molar-refractivity contribution in [2.24, 2.45) is 0 Å². The SMILES string of the molecule is Cl.N#Cc1ccc(-c2cnno2)cc1-c1cnno1. The number of benzene rings is 1. The standard InChI is InChI=1S/C11H5N5O2.ClH/c12-4-8-2-1-7(10-5-13-15-17-10)3-9(8)11-6-14-16-18-11;/h1-3,5-6H;1H. The highest BCUT2D eigenvalue weighted by Crippen LogP contribution is 2.28. The van der Waals surface area contributed by atoms with Gasteiger partial charge in [0.05, 0.1) is 24.0 Å². The molecule has 3 rings (SSSR count). The van der Waals surface area contributed by atoms with E-state index in [0.717, 1.165) is 5.56 Å². The third-order valence-electron chi connectivity index (χ3n) is 2.41. The van der Waals surface area contributed by atoms with Crippen LogP contribution in [-0.2, 0) is 0 Å². The van der Waals surface area contributed by atoms with E-state index in [9.17, 15) is 0 Å². The Labute approximate surface area is 113 Å². The van der Waals surface area contributed by atoms with Gasteiger partial charge in [-0.2, -0.15) is 5.26 Å². The Morgan fingerprint density at radius 3 is 2.26 bits per heavy atom. The van der Waals surface area contributed by atoms with E-state index in [0.29, 0.717) is 22.6 Å². The largest absolute Gasteiger partial charge is 0.337 e. The molecular formula is C11H6ClN5O2. The first-order valence-electron chi connectivity index (χ1n) is 4.98. The van der Waals surface area contributed by atoms with Crippen LogP contribution in [0, 0.1) is 11.3 Å². The van der Waals surface area contributed by atoms with Crippen LogP contribution in [0.1, 0.15) is 5.56 Å². The van der Waals surface area contributed by atoms with Gasteiger partial charge in [0, 0.05) is 21.7 Å². The molecule has 2 aromatic heterocycles.